The molecule has 3 nitrogen and oxygen atoms in total. The largest absolute Gasteiger partial charge is 0.417 e. The molecular weight excluding hydrogens is 278 g/mol. The van der Waals surface area contributed by atoms with Gasteiger partial charge in [0.25, 0.3) is 0 Å². The molecule has 0 aromatic rings. The monoisotopic (exact) mass is 309 g/mol. The van der Waals surface area contributed by atoms with E-state index in [9.17, 15) is 10.1 Å². The summed E-state index contributed by atoms with van der Waals surface area (Å²) in [4.78, 5) is 12.1. The maximum atomic E-state index is 12.1. The second kappa shape index (κ2) is 5.51. The van der Waals surface area contributed by atoms with Crippen LogP contribution in [0.2, 0.25) is 18.1 Å². The third-order valence-electron chi connectivity index (χ3n) is 5.58. The lowest BCUT2D eigenvalue weighted by Gasteiger charge is -2.51. The maximum absolute atomic E-state index is 12.1. The third-order valence-corrected chi connectivity index (χ3v) is 10.1. The van der Waals surface area contributed by atoms with Crippen molar-refractivity contribution in [2.45, 2.75) is 72.5 Å². The minimum atomic E-state index is -1.75. The van der Waals surface area contributed by atoms with Gasteiger partial charge in [0.2, 0.25) is 0 Å². The molecule has 120 valence electrons. The number of rotatable bonds is 4. The molecular formula is C17H31NO2Si. The number of ketones is 1. The lowest BCUT2D eigenvalue weighted by Crippen LogP contribution is -2.57. The van der Waals surface area contributed by atoms with Crippen molar-refractivity contribution >= 4 is 14.1 Å². The van der Waals surface area contributed by atoms with E-state index in [2.05, 4.69) is 39.9 Å². The molecule has 21 heavy (non-hydrogen) atoms. The minimum Gasteiger partial charge on any atom is -0.417 e. The predicted molar refractivity (Wildman–Crippen MR) is 88.4 cm³/mol. The van der Waals surface area contributed by atoms with Gasteiger partial charge in [0, 0.05) is 13.0 Å². The highest BCUT2D eigenvalue weighted by molar-refractivity contribution is 6.74. The maximum Gasteiger partial charge on any atom is 0.191 e. The zero-order chi connectivity index (χ0) is 16.7. The van der Waals surface area contributed by atoms with Crippen LogP contribution in [0.15, 0.2) is 0 Å². The Morgan fingerprint density at radius 3 is 2.14 bits per heavy atom. The molecule has 1 fully saturated rings. The molecule has 0 unspecified atom stereocenters. The molecule has 0 aromatic heterocycles. The van der Waals surface area contributed by atoms with Crippen molar-refractivity contribution in [3.05, 3.63) is 0 Å². The van der Waals surface area contributed by atoms with Crippen LogP contribution < -0.4 is 0 Å². The van der Waals surface area contributed by atoms with Crippen LogP contribution in [0.1, 0.15) is 54.4 Å². The van der Waals surface area contributed by atoms with Gasteiger partial charge >= 0.3 is 0 Å². The summed E-state index contributed by atoms with van der Waals surface area (Å²) < 4.78 is 6.20. The zero-order valence-electron chi connectivity index (χ0n) is 15.0. The number of carbonyl (C=O) groups excluding carboxylic acids is 1. The standard InChI is InChI=1S/C17H31NO2Si/c1-15(2,3)17(12-18)13(11-14(17)19)9-10-20-21(7,8)16(4,5)6/h13H,9-11H2,1-8H3/t13-,17-/m1/s1. The van der Waals surface area contributed by atoms with Gasteiger partial charge in [-0.2, -0.15) is 5.26 Å². The average Bonchev–Trinajstić information content (AvgIpc) is 2.25. The molecule has 0 aliphatic heterocycles. The Bertz CT molecular complexity index is 451. The van der Waals surface area contributed by atoms with Gasteiger partial charge in [-0.05, 0) is 35.9 Å². The van der Waals surface area contributed by atoms with Crippen LogP contribution in [-0.4, -0.2) is 20.7 Å². The van der Waals surface area contributed by atoms with E-state index in [-0.39, 0.29) is 22.2 Å². The summed E-state index contributed by atoms with van der Waals surface area (Å²) >= 11 is 0. The SMILES string of the molecule is CC(C)(C)[C@@]1(C#N)C(=O)C[C@H]1CCO[Si](C)(C)C(C)(C)C. The first kappa shape index (κ1) is 18.4. The summed E-state index contributed by atoms with van der Waals surface area (Å²) in [7, 11) is -1.75. The fourth-order valence-corrected chi connectivity index (χ4v) is 4.04. The predicted octanol–water partition coefficient (Wildman–Crippen LogP) is 4.54. The molecule has 0 heterocycles. The summed E-state index contributed by atoms with van der Waals surface area (Å²) in [6, 6.07) is 2.34. The fourth-order valence-electron chi connectivity index (χ4n) is 2.98. The van der Waals surface area contributed by atoms with Crippen molar-refractivity contribution < 1.29 is 9.22 Å². The van der Waals surface area contributed by atoms with Gasteiger partial charge in [-0.3, -0.25) is 4.79 Å². The Kier molecular flexibility index (Phi) is 4.83. The van der Waals surface area contributed by atoms with Crippen LogP contribution >= 0.6 is 0 Å². The highest BCUT2D eigenvalue weighted by Crippen LogP contribution is 2.56. The first-order chi connectivity index (χ1) is 9.29. The zero-order valence-corrected chi connectivity index (χ0v) is 16.0. The quantitative estimate of drug-likeness (QED) is 0.716. The summed E-state index contributed by atoms with van der Waals surface area (Å²) in [5.41, 5.74) is -1.12. The molecule has 1 aliphatic rings. The lowest BCUT2D eigenvalue weighted by atomic mass is 9.48. The van der Waals surface area contributed by atoms with Gasteiger partial charge in [-0.15, -0.1) is 0 Å². The second-order valence-corrected chi connectivity index (χ2v) is 13.7. The van der Waals surface area contributed by atoms with E-state index in [0.717, 1.165) is 6.42 Å². The van der Waals surface area contributed by atoms with Crippen molar-refractivity contribution in [3.63, 3.8) is 0 Å². The van der Waals surface area contributed by atoms with Crippen molar-refractivity contribution in [1.82, 2.24) is 0 Å². The smallest absolute Gasteiger partial charge is 0.191 e. The number of carbonyl (C=O) groups is 1. The molecule has 1 rings (SSSR count). The van der Waals surface area contributed by atoms with E-state index in [0.29, 0.717) is 13.0 Å². The topological polar surface area (TPSA) is 50.1 Å². The van der Waals surface area contributed by atoms with E-state index in [1.807, 2.05) is 20.8 Å². The number of hydrogen-bond donors (Lipinski definition) is 0. The van der Waals surface area contributed by atoms with Crippen molar-refractivity contribution in [3.8, 4) is 6.07 Å². The van der Waals surface area contributed by atoms with Gasteiger partial charge in [0.15, 0.2) is 14.1 Å². The van der Waals surface area contributed by atoms with Gasteiger partial charge < -0.3 is 4.43 Å². The van der Waals surface area contributed by atoms with Gasteiger partial charge in [0.1, 0.15) is 5.41 Å². The Hall–Kier alpha value is -0.663. The van der Waals surface area contributed by atoms with Gasteiger partial charge in [0.05, 0.1) is 6.07 Å². The molecule has 0 aromatic carbocycles. The normalized spacial score (nSPS) is 27.2. The van der Waals surface area contributed by atoms with Gasteiger partial charge in [-0.25, -0.2) is 0 Å². The van der Waals surface area contributed by atoms with Crippen LogP contribution in [0.25, 0.3) is 0 Å². The first-order valence-electron chi connectivity index (χ1n) is 7.88. The molecule has 0 N–H and O–H groups in total. The van der Waals surface area contributed by atoms with E-state index < -0.39 is 13.7 Å². The van der Waals surface area contributed by atoms with Crippen molar-refractivity contribution in [2.24, 2.45) is 16.7 Å². The van der Waals surface area contributed by atoms with Crippen LogP contribution in [0, 0.1) is 28.1 Å². The van der Waals surface area contributed by atoms with E-state index >= 15 is 0 Å². The first-order valence-corrected chi connectivity index (χ1v) is 10.8. The molecule has 1 saturated carbocycles. The molecule has 0 saturated heterocycles. The van der Waals surface area contributed by atoms with Crippen LogP contribution in [0.4, 0.5) is 0 Å². The van der Waals surface area contributed by atoms with E-state index in [1.54, 1.807) is 0 Å². The molecule has 0 spiro atoms. The van der Waals surface area contributed by atoms with Crippen molar-refractivity contribution in [2.75, 3.05) is 6.61 Å². The van der Waals surface area contributed by atoms with Gasteiger partial charge in [-0.1, -0.05) is 41.5 Å². The molecule has 0 radical (unpaired) electrons. The molecule has 1 aliphatic carbocycles. The van der Waals surface area contributed by atoms with Crippen molar-refractivity contribution in [1.29, 1.82) is 5.26 Å². The Morgan fingerprint density at radius 2 is 1.81 bits per heavy atom. The molecule has 4 heteroatoms. The van der Waals surface area contributed by atoms with E-state index in [1.165, 1.54) is 0 Å². The number of hydrogen-bond acceptors (Lipinski definition) is 3. The number of Topliss-reactive ketones (excluding diaryl/α,β-unsaturated/α-hetero) is 1. The Labute approximate surface area is 131 Å². The second-order valence-electron chi connectivity index (χ2n) is 8.89. The highest BCUT2D eigenvalue weighted by atomic mass is 28.4. The summed E-state index contributed by atoms with van der Waals surface area (Å²) in [5, 5.41) is 9.79. The fraction of sp³-hybridized carbons (Fsp3) is 0.882. The highest BCUT2D eigenvalue weighted by Gasteiger charge is 2.61. The van der Waals surface area contributed by atoms with E-state index in [4.69, 9.17) is 4.43 Å². The van der Waals surface area contributed by atoms with Crippen LogP contribution in [-0.2, 0) is 9.22 Å². The number of nitriles is 1. The lowest BCUT2D eigenvalue weighted by molar-refractivity contribution is -0.151. The van der Waals surface area contributed by atoms with Crippen LogP contribution in [0.3, 0.4) is 0 Å². The Morgan fingerprint density at radius 1 is 1.29 bits per heavy atom. The molecule has 2 atom stereocenters. The summed E-state index contributed by atoms with van der Waals surface area (Å²) in [6.45, 7) is 17.8. The average molecular weight is 310 g/mol. The minimum absolute atomic E-state index is 0.106. The summed E-state index contributed by atoms with van der Waals surface area (Å²) in [5.74, 6) is 0.245. The van der Waals surface area contributed by atoms with Crippen LogP contribution in [0.5, 0.6) is 0 Å². The third kappa shape index (κ3) is 3.09. The molecule has 0 amide bonds. The molecule has 0 bridgehead atoms. The summed E-state index contributed by atoms with van der Waals surface area (Å²) in [6.07, 6.45) is 1.34. The Balaban J connectivity index is 2.70. The number of nitrogens with zero attached hydrogens (tertiary/aromatic N) is 1.